The molecule has 0 saturated heterocycles. The minimum Gasteiger partial charge on any atom is -0.183 e. The molecule has 0 rings (SSSR count). The predicted molar refractivity (Wildman–Crippen MR) is 2.22 cm³/mol. The first-order valence-electron chi connectivity index (χ1n) is 0.632. The van der Waals surface area contributed by atoms with Gasteiger partial charge in [-0.2, -0.15) is 14.0 Å². The van der Waals surface area contributed by atoms with Gasteiger partial charge in [0.15, 0.2) is 0 Å². The van der Waals surface area contributed by atoms with Crippen LogP contribution in [0.1, 0.15) is 0 Å². The van der Waals surface area contributed by atoms with Crippen molar-refractivity contribution >= 4 is 0 Å². The number of rotatable bonds is 0. The van der Waals surface area contributed by atoms with E-state index in [1.54, 1.807) is 0 Å². The fraction of sp³-hybridized carbons (Fsp3) is 0. The molecule has 7 heavy (non-hydrogen) atoms. The molecular weight excluding hydrogens is 408 g/mol. The van der Waals surface area contributed by atoms with Gasteiger partial charge in [-0.25, -0.2) is 0 Å². The maximum absolute atomic E-state index is 8.60. The van der Waals surface area contributed by atoms with E-state index in [9.17, 15) is 0 Å². The van der Waals surface area contributed by atoms with Crippen molar-refractivity contribution in [1.82, 2.24) is 0 Å². The van der Waals surface area contributed by atoms with Gasteiger partial charge in [0.2, 0.25) is 0 Å². The zero-order chi connectivity index (χ0) is 4.50. The van der Waals surface area contributed by atoms with E-state index in [-0.39, 0.29) is 50.0 Å². The zero-order valence-corrected chi connectivity index (χ0v) is 10.8. The molecule has 0 saturated carbocycles. The van der Waals surface area contributed by atoms with Crippen molar-refractivity contribution in [2.24, 2.45) is 0 Å². The summed E-state index contributed by atoms with van der Waals surface area (Å²) in [5, 5.41) is 0. The third-order valence-corrected chi connectivity index (χ3v) is 0. The molecule has 0 aromatic heterocycles. The van der Waals surface area contributed by atoms with Crippen LogP contribution in [0.2, 0.25) is 0 Å². The Morgan fingerprint density at radius 1 is 1.14 bits per heavy atom. The first kappa shape index (κ1) is 15.9. The summed E-state index contributed by atoms with van der Waals surface area (Å²) in [6, 6.07) is 0. The molecule has 0 aromatic rings. The largest absolute Gasteiger partial charge is 0.183 e. The standard InChI is InChI=1S/Ag.ClHO4.Hg/c;2-1(3,4)5;/h;(H,2,3,4,5);. The van der Waals surface area contributed by atoms with Crippen molar-refractivity contribution in [3.63, 3.8) is 0 Å². The molecule has 0 aromatic carbocycles. The topological polar surface area (TPSA) is 89.4 Å². The van der Waals surface area contributed by atoms with Gasteiger partial charge in [0.25, 0.3) is 0 Å². The second-order valence-corrected chi connectivity index (χ2v) is 1.19. The first-order chi connectivity index (χ1) is 2.00. The van der Waals surface area contributed by atoms with E-state index >= 15 is 0 Å². The van der Waals surface area contributed by atoms with Crippen LogP contribution in [0, 0.1) is 10.2 Å². The van der Waals surface area contributed by atoms with E-state index in [2.05, 4.69) is 0 Å². The quantitative estimate of drug-likeness (QED) is 0.412. The molecule has 7 heteroatoms. The van der Waals surface area contributed by atoms with Crippen LogP contribution in [0.3, 0.4) is 0 Å². The molecule has 0 bridgehead atoms. The molecule has 4 nitrogen and oxygen atoms in total. The van der Waals surface area contributed by atoms with Crippen molar-refractivity contribution in [3.05, 3.63) is 0 Å². The summed E-state index contributed by atoms with van der Waals surface area (Å²) in [5.41, 5.74) is 0. The molecule has 45 valence electrons. The Balaban J connectivity index is -0.0000000800. The summed E-state index contributed by atoms with van der Waals surface area (Å²) >= 11 is 0. The molecule has 0 unspecified atom stereocenters. The Morgan fingerprint density at radius 3 is 1.14 bits per heavy atom. The second-order valence-electron chi connectivity index (χ2n) is 0.396. The molecule has 0 fully saturated rings. The average molecular weight is 409 g/mol. The average Bonchev–Trinajstić information content (AvgIpc) is 0.722. The van der Waals surface area contributed by atoms with Crippen LogP contribution in [-0.2, 0) is 50.0 Å². The Morgan fingerprint density at radius 2 is 1.14 bits per heavy atom. The molecule has 0 amide bonds. The zero-order valence-electron chi connectivity index (χ0n) is 3.06. The molecule has 0 aliphatic rings. The van der Waals surface area contributed by atoms with Crippen molar-refractivity contribution < 1.29 is 78.9 Å². The van der Waals surface area contributed by atoms with Gasteiger partial charge in [-0.3, -0.25) is 0 Å². The van der Waals surface area contributed by atoms with Crippen LogP contribution >= 0.6 is 0 Å². The van der Waals surface area contributed by atoms with Crippen LogP contribution < -0.4 is 14.0 Å². The summed E-state index contributed by atoms with van der Waals surface area (Å²) in [6.07, 6.45) is 0. The Kier molecular flexibility index (Phi) is 13.5. The van der Waals surface area contributed by atoms with Gasteiger partial charge < -0.3 is 0 Å². The van der Waals surface area contributed by atoms with E-state index in [1.165, 1.54) is 0 Å². The van der Waals surface area contributed by atoms with Crippen LogP contribution in [0.25, 0.3) is 0 Å². The number of halogens is 1. The number of hydrogen-bond donors (Lipinski definition) is 1. The van der Waals surface area contributed by atoms with E-state index in [4.69, 9.17) is 18.6 Å². The van der Waals surface area contributed by atoms with Crippen molar-refractivity contribution in [3.8, 4) is 0 Å². The molecule has 0 spiro atoms. The molecule has 0 heterocycles. The predicted octanol–water partition coefficient (Wildman–Crippen LogP) is -4.13. The van der Waals surface area contributed by atoms with Gasteiger partial charge in [0, 0.05) is 50.0 Å². The summed E-state index contributed by atoms with van der Waals surface area (Å²) in [4.78, 5) is 0. The monoisotopic (exact) mass is 409 g/mol. The van der Waals surface area contributed by atoms with Gasteiger partial charge in [-0.15, -0.1) is 0 Å². The van der Waals surface area contributed by atoms with Crippen LogP contribution in [-0.4, -0.2) is 4.66 Å². The Hall–Kier alpha value is 1.81. The van der Waals surface area contributed by atoms with Crippen molar-refractivity contribution in [1.29, 1.82) is 0 Å². The van der Waals surface area contributed by atoms with Crippen molar-refractivity contribution in [2.45, 2.75) is 0 Å². The number of hydrogen-bond acceptors (Lipinski definition) is 4. The summed E-state index contributed by atoms with van der Waals surface area (Å²) in [6.45, 7) is 0. The van der Waals surface area contributed by atoms with Gasteiger partial charge in [-0.1, -0.05) is 0 Å². The van der Waals surface area contributed by atoms with E-state index in [0.29, 0.717) is 0 Å². The first-order valence-corrected chi connectivity index (χ1v) is 1.90. The summed E-state index contributed by atoms with van der Waals surface area (Å²) < 4.78 is 32.7. The molecule has 0 atom stereocenters. The third kappa shape index (κ3) is 80.7. The van der Waals surface area contributed by atoms with Crippen molar-refractivity contribution in [2.75, 3.05) is 0 Å². The maximum Gasteiger partial charge on any atom is 0.0777 e. The minimum absolute atomic E-state index is 0. The van der Waals surface area contributed by atoms with Gasteiger partial charge >= 0.3 is 0 Å². The fourth-order valence-corrected chi connectivity index (χ4v) is 0. The van der Waals surface area contributed by atoms with Crippen LogP contribution in [0.4, 0.5) is 0 Å². The van der Waals surface area contributed by atoms with Gasteiger partial charge in [0.05, 0.1) is 14.9 Å². The third-order valence-electron chi connectivity index (χ3n) is 0. The van der Waals surface area contributed by atoms with Gasteiger partial charge in [-0.05, 0) is 0 Å². The van der Waals surface area contributed by atoms with Crippen LogP contribution in [0.15, 0.2) is 0 Å². The normalized spacial score (nSPS) is 8.57. The molecular formula is HAgClHgO4. The fourth-order valence-electron chi connectivity index (χ4n) is 0. The molecule has 0 aliphatic carbocycles. The SMILES string of the molecule is [Ag].[Hg].[O-][Cl+3]([O-])([O-])O. The second kappa shape index (κ2) is 5.93. The molecule has 1 radical (unpaired) electrons. The van der Waals surface area contributed by atoms with Gasteiger partial charge in [0.1, 0.15) is 0 Å². The summed E-state index contributed by atoms with van der Waals surface area (Å²) in [7, 11) is -4.69. The van der Waals surface area contributed by atoms with E-state index < -0.39 is 10.2 Å². The smallest absolute Gasteiger partial charge is 0.0777 e. The molecule has 0 aliphatic heterocycles. The Bertz CT molecular complexity index is 27.2. The Labute approximate surface area is 78.3 Å². The van der Waals surface area contributed by atoms with Crippen LogP contribution in [0.5, 0.6) is 0 Å². The van der Waals surface area contributed by atoms with E-state index in [0.717, 1.165) is 0 Å². The summed E-state index contributed by atoms with van der Waals surface area (Å²) in [5.74, 6) is 0. The minimum atomic E-state index is -4.69. The maximum atomic E-state index is 8.60. The van der Waals surface area contributed by atoms with E-state index in [1.807, 2.05) is 0 Å². The molecule has 1 N–H and O–H groups in total.